The minimum atomic E-state index is 0.193. The topological polar surface area (TPSA) is 42.2 Å². The summed E-state index contributed by atoms with van der Waals surface area (Å²) in [7, 11) is 2.14. The van der Waals surface area contributed by atoms with Gasteiger partial charge in [-0.1, -0.05) is 19.9 Å². The van der Waals surface area contributed by atoms with Gasteiger partial charge in [-0.05, 0) is 31.1 Å². The van der Waals surface area contributed by atoms with Crippen LogP contribution in [0.5, 0.6) is 0 Å². The van der Waals surface area contributed by atoms with E-state index in [0.29, 0.717) is 0 Å². The molecular formula is C13H23N3. The van der Waals surface area contributed by atoms with E-state index in [9.17, 15) is 0 Å². The molecule has 0 fully saturated rings. The molecule has 16 heavy (non-hydrogen) atoms. The molecular weight excluding hydrogens is 198 g/mol. The first-order chi connectivity index (χ1) is 7.53. The molecule has 0 aliphatic carbocycles. The zero-order chi connectivity index (χ0) is 12.0. The standard InChI is InChI=1S/C13H23N3/c1-13(2,10-14)11-16(3)9-7-12-6-4-5-8-15-12/h4-6,8H,7,9-11,14H2,1-3H3. The van der Waals surface area contributed by atoms with Crippen LogP contribution in [0, 0.1) is 5.41 Å². The van der Waals surface area contributed by atoms with E-state index in [1.165, 1.54) is 0 Å². The molecule has 1 rings (SSSR count). The van der Waals surface area contributed by atoms with E-state index in [1.807, 2.05) is 18.3 Å². The Bertz CT molecular complexity index is 295. The van der Waals surface area contributed by atoms with E-state index in [-0.39, 0.29) is 5.41 Å². The first-order valence-corrected chi connectivity index (χ1v) is 5.82. The fourth-order valence-corrected chi connectivity index (χ4v) is 1.73. The van der Waals surface area contributed by atoms with E-state index in [4.69, 9.17) is 5.73 Å². The third kappa shape index (κ3) is 4.73. The number of nitrogens with zero attached hydrogens (tertiary/aromatic N) is 2. The maximum Gasteiger partial charge on any atom is 0.0416 e. The lowest BCUT2D eigenvalue weighted by Crippen LogP contribution is -2.37. The molecule has 0 unspecified atom stereocenters. The summed E-state index contributed by atoms with van der Waals surface area (Å²) in [5.41, 5.74) is 7.07. The Balaban J connectivity index is 2.33. The average molecular weight is 221 g/mol. The second-order valence-corrected chi connectivity index (χ2v) is 5.18. The highest BCUT2D eigenvalue weighted by atomic mass is 15.1. The Morgan fingerprint density at radius 1 is 1.38 bits per heavy atom. The molecule has 0 amide bonds. The van der Waals surface area contributed by atoms with E-state index >= 15 is 0 Å². The number of aromatic nitrogens is 1. The van der Waals surface area contributed by atoms with Gasteiger partial charge in [-0.2, -0.15) is 0 Å². The molecule has 3 heteroatoms. The van der Waals surface area contributed by atoms with Gasteiger partial charge in [-0.25, -0.2) is 0 Å². The maximum absolute atomic E-state index is 5.72. The molecule has 0 aromatic carbocycles. The van der Waals surface area contributed by atoms with Crippen LogP contribution in [0.3, 0.4) is 0 Å². The van der Waals surface area contributed by atoms with Crippen molar-refractivity contribution in [2.75, 3.05) is 26.7 Å². The molecule has 1 heterocycles. The monoisotopic (exact) mass is 221 g/mol. The Labute approximate surface area is 98.7 Å². The van der Waals surface area contributed by atoms with Crippen LogP contribution in [0.1, 0.15) is 19.5 Å². The van der Waals surface area contributed by atoms with Gasteiger partial charge in [0, 0.05) is 31.4 Å². The zero-order valence-corrected chi connectivity index (χ0v) is 10.6. The second-order valence-electron chi connectivity index (χ2n) is 5.18. The molecule has 0 aliphatic rings. The van der Waals surface area contributed by atoms with Crippen molar-refractivity contribution >= 4 is 0 Å². The van der Waals surface area contributed by atoms with Crippen LogP contribution in [0.2, 0.25) is 0 Å². The Morgan fingerprint density at radius 2 is 2.12 bits per heavy atom. The highest BCUT2D eigenvalue weighted by Gasteiger charge is 2.17. The van der Waals surface area contributed by atoms with Gasteiger partial charge in [-0.15, -0.1) is 0 Å². The highest BCUT2D eigenvalue weighted by Crippen LogP contribution is 2.13. The number of nitrogens with two attached hydrogens (primary N) is 1. The number of hydrogen-bond acceptors (Lipinski definition) is 3. The number of rotatable bonds is 6. The summed E-state index contributed by atoms with van der Waals surface area (Å²) >= 11 is 0. The number of likely N-dealkylation sites (N-methyl/N-ethyl adjacent to an activating group) is 1. The molecule has 2 N–H and O–H groups in total. The first-order valence-electron chi connectivity index (χ1n) is 5.82. The quantitative estimate of drug-likeness (QED) is 0.792. The SMILES string of the molecule is CN(CCc1ccccn1)CC(C)(C)CN. The van der Waals surface area contributed by atoms with Gasteiger partial charge in [0.15, 0.2) is 0 Å². The van der Waals surface area contributed by atoms with Crippen LogP contribution in [0.4, 0.5) is 0 Å². The van der Waals surface area contributed by atoms with Gasteiger partial charge in [0.2, 0.25) is 0 Å². The van der Waals surface area contributed by atoms with Crippen molar-refractivity contribution in [2.45, 2.75) is 20.3 Å². The van der Waals surface area contributed by atoms with Gasteiger partial charge in [0.1, 0.15) is 0 Å². The van der Waals surface area contributed by atoms with Crippen molar-refractivity contribution in [3.63, 3.8) is 0 Å². The van der Waals surface area contributed by atoms with Crippen LogP contribution in [-0.4, -0.2) is 36.6 Å². The van der Waals surface area contributed by atoms with Gasteiger partial charge in [-0.3, -0.25) is 4.98 Å². The van der Waals surface area contributed by atoms with Gasteiger partial charge in [0.05, 0.1) is 0 Å². The average Bonchev–Trinajstić information content (AvgIpc) is 2.27. The zero-order valence-electron chi connectivity index (χ0n) is 10.6. The molecule has 90 valence electrons. The third-order valence-corrected chi connectivity index (χ3v) is 2.73. The summed E-state index contributed by atoms with van der Waals surface area (Å²) in [5.74, 6) is 0. The van der Waals surface area contributed by atoms with Crippen molar-refractivity contribution in [1.82, 2.24) is 9.88 Å². The first kappa shape index (κ1) is 13.1. The molecule has 0 bridgehead atoms. The summed E-state index contributed by atoms with van der Waals surface area (Å²) < 4.78 is 0. The second kappa shape index (κ2) is 5.97. The van der Waals surface area contributed by atoms with Crippen LogP contribution in [-0.2, 0) is 6.42 Å². The minimum absolute atomic E-state index is 0.193. The largest absolute Gasteiger partial charge is 0.330 e. The molecule has 0 aliphatic heterocycles. The molecule has 0 spiro atoms. The van der Waals surface area contributed by atoms with Crippen LogP contribution >= 0.6 is 0 Å². The van der Waals surface area contributed by atoms with Gasteiger partial charge >= 0.3 is 0 Å². The summed E-state index contributed by atoms with van der Waals surface area (Å²) in [4.78, 5) is 6.64. The van der Waals surface area contributed by atoms with Gasteiger partial charge in [0.25, 0.3) is 0 Å². The Hall–Kier alpha value is -0.930. The molecule has 0 radical (unpaired) electrons. The summed E-state index contributed by atoms with van der Waals surface area (Å²) in [6.45, 7) is 7.17. The predicted molar refractivity (Wildman–Crippen MR) is 68.3 cm³/mol. The highest BCUT2D eigenvalue weighted by molar-refractivity contribution is 5.03. The smallest absolute Gasteiger partial charge is 0.0416 e. The number of pyridine rings is 1. The fraction of sp³-hybridized carbons (Fsp3) is 0.615. The molecule has 0 atom stereocenters. The Kier molecular flexibility index (Phi) is 4.90. The van der Waals surface area contributed by atoms with Crippen molar-refractivity contribution in [1.29, 1.82) is 0 Å². The van der Waals surface area contributed by atoms with Crippen molar-refractivity contribution < 1.29 is 0 Å². The fourth-order valence-electron chi connectivity index (χ4n) is 1.73. The lowest BCUT2D eigenvalue weighted by atomic mass is 9.93. The summed E-state index contributed by atoms with van der Waals surface area (Å²) in [5, 5.41) is 0. The molecule has 1 aromatic rings. The van der Waals surface area contributed by atoms with Crippen molar-refractivity contribution in [3.05, 3.63) is 30.1 Å². The lowest BCUT2D eigenvalue weighted by Gasteiger charge is -2.28. The Morgan fingerprint density at radius 3 is 2.69 bits per heavy atom. The minimum Gasteiger partial charge on any atom is -0.330 e. The normalized spacial score (nSPS) is 12.1. The van der Waals surface area contributed by atoms with E-state index < -0.39 is 0 Å². The van der Waals surface area contributed by atoms with E-state index in [2.05, 4.69) is 36.8 Å². The summed E-state index contributed by atoms with van der Waals surface area (Å²) in [6.07, 6.45) is 2.84. The van der Waals surface area contributed by atoms with Gasteiger partial charge < -0.3 is 10.6 Å². The summed E-state index contributed by atoms with van der Waals surface area (Å²) in [6, 6.07) is 6.05. The van der Waals surface area contributed by atoms with Crippen LogP contribution < -0.4 is 5.73 Å². The van der Waals surface area contributed by atoms with Crippen molar-refractivity contribution in [2.24, 2.45) is 11.1 Å². The van der Waals surface area contributed by atoms with E-state index in [1.54, 1.807) is 0 Å². The lowest BCUT2D eigenvalue weighted by molar-refractivity contribution is 0.217. The van der Waals surface area contributed by atoms with Crippen LogP contribution in [0.15, 0.2) is 24.4 Å². The third-order valence-electron chi connectivity index (χ3n) is 2.73. The maximum atomic E-state index is 5.72. The van der Waals surface area contributed by atoms with Crippen molar-refractivity contribution in [3.8, 4) is 0 Å². The van der Waals surface area contributed by atoms with E-state index in [0.717, 1.165) is 31.7 Å². The number of hydrogen-bond donors (Lipinski definition) is 1. The molecule has 0 saturated carbocycles. The molecule has 3 nitrogen and oxygen atoms in total. The molecule has 0 saturated heterocycles. The van der Waals surface area contributed by atoms with Crippen LogP contribution in [0.25, 0.3) is 0 Å². The molecule has 1 aromatic heterocycles. The predicted octanol–water partition coefficient (Wildman–Crippen LogP) is 1.54.